The monoisotopic (exact) mass is 322 g/mol. The SMILES string of the molecule is COC(=O)CN1C(=O)S/C(=C/c2cccc([N+](=O)[O-])c2)C1=O. The quantitative estimate of drug-likeness (QED) is 0.360. The number of benzene rings is 1. The molecule has 0 N–H and O–H groups in total. The van der Waals surface area contributed by atoms with Crippen LogP contribution in [-0.4, -0.2) is 40.6 Å². The first kappa shape index (κ1) is 15.7. The number of nitro groups is 1. The van der Waals surface area contributed by atoms with Crippen LogP contribution in [0.5, 0.6) is 0 Å². The molecule has 114 valence electrons. The molecule has 2 rings (SSSR count). The van der Waals surface area contributed by atoms with E-state index in [1.54, 1.807) is 6.07 Å². The number of nitro benzene ring substituents is 1. The summed E-state index contributed by atoms with van der Waals surface area (Å²) in [5.41, 5.74) is 0.292. The van der Waals surface area contributed by atoms with Crippen molar-refractivity contribution in [3.8, 4) is 0 Å². The van der Waals surface area contributed by atoms with Crippen molar-refractivity contribution >= 4 is 40.6 Å². The van der Waals surface area contributed by atoms with Gasteiger partial charge in [-0.2, -0.15) is 0 Å². The van der Waals surface area contributed by atoms with Crippen LogP contribution in [0, 0.1) is 10.1 Å². The number of non-ortho nitro benzene ring substituents is 1. The van der Waals surface area contributed by atoms with Crippen molar-refractivity contribution in [2.24, 2.45) is 0 Å². The summed E-state index contributed by atoms with van der Waals surface area (Å²) in [7, 11) is 1.15. The van der Waals surface area contributed by atoms with Crippen molar-refractivity contribution in [3.05, 3.63) is 44.8 Å². The van der Waals surface area contributed by atoms with E-state index in [9.17, 15) is 24.5 Å². The Bertz CT molecular complexity index is 700. The molecule has 9 heteroatoms. The predicted octanol–water partition coefficient (Wildman–Crippen LogP) is 1.80. The Hall–Kier alpha value is -2.68. The standard InChI is InChI=1S/C13H10N2O6S/c1-21-11(16)7-14-12(17)10(22-13(14)18)6-8-3-2-4-9(5-8)15(19)20/h2-6H,7H2,1H3/b10-6+. The van der Waals surface area contributed by atoms with E-state index in [1.807, 2.05) is 0 Å². The zero-order chi connectivity index (χ0) is 16.3. The van der Waals surface area contributed by atoms with Crippen LogP contribution in [0.2, 0.25) is 0 Å². The number of imide groups is 1. The minimum Gasteiger partial charge on any atom is -0.468 e. The van der Waals surface area contributed by atoms with Gasteiger partial charge in [0.2, 0.25) is 0 Å². The van der Waals surface area contributed by atoms with Crippen LogP contribution in [0.3, 0.4) is 0 Å². The number of hydrogen-bond acceptors (Lipinski definition) is 7. The van der Waals surface area contributed by atoms with Gasteiger partial charge < -0.3 is 4.74 Å². The Morgan fingerprint density at radius 3 is 2.82 bits per heavy atom. The van der Waals surface area contributed by atoms with Crippen LogP contribution in [0.15, 0.2) is 29.2 Å². The molecule has 1 aromatic rings. The van der Waals surface area contributed by atoms with Crippen molar-refractivity contribution in [1.82, 2.24) is 4.90 Å². The van der Waals surface area contributed by atoms with Gasteiger partial charge in [-0.3, -0.25) is 29.4 Å². The van der Waals surface area contributed by atoms with Gasteiger partial charge in [0.05, 0.1) is 16.9 Å². The molecule has 1 aliphatic heterocycles. The number of thioether (sulfide) groups is 1. The molecule has 0 atom stereocenters. The van der Waals surface area contributed by atoms with Gasteiger partial charge in [-0.1, -0.05) is 12.1 Å². The molecular formula is C13H10N2O6S. The predicted molar refractivity (Wildman–Crippen MR) is 77.8 cm³/mol. The van der Waals surface area contributed by atoms with Gasteiger partial charge in [-0.25, -0.2) is 0 Å². The molecule has 8 nitrogen and oxygen atoms in total. The maximum Gasteiger partial charge on any atom is 0.325 e. The summed E-state index contributed by atoms with van der Waals surface area (Å²) >= 11 is 0.664. The molecule has 1 aromatic carbocycles. The second kappa shape index (κ2) is 6.39. The van der Waals surface area contributed by atoms with Gasteiger partial charge in [0.25, 0.3) is 16.8 Å². The maximum absolute atomic E-state index is 12.1. The van der Waals surface area contributed by atoms with Gasteiger partial charge in [-0.15, -0.1) is 0 Å². The zero-order valence-corrected chi connectivity index (χ0v) is 12.2. The molecule has 2 amide bonds. The number of carbonyl (C=O) groups is 3. The molecule has 1 heterocycles. The van der Waals surface area contributed by atoms with Gasteiger partial charge in [-0.05, 0) is 23.4 Å². The lowest BCUT2D eigenvalue weighted by Gasteiger charge is -2.09. The third kappa shape index (κ3) is 3.31. The second-order valence-electron chi connectivity index (χ2n) is 4.20. The molecule has 0 aliphatic carbocycles. The zero-order valence-electron chi connectivity index (χ0n) is 11.3. The van der Waals surface area contributed by atoms with E-state index in [0.29, 0.717) is 17.3 Å². The summed E-state index contributed by atoms with van der Waals surface area (Å²) in [6.07, 6.45) is 1.37. The Kier molecular flexibility index (Phi) is 4.56. The van der Waals surface area contributed by atoms with Crippen molar-refractivity contribution < 1.29 is 24.0 Å². The molecule has 1 saturated heterocycles. The average Bonchev–Trinajstić information content (AvgIpc) is 2.75. The number of rotatable bonds is 4. The molecular weight excluding hydrogens is 312 g/mol. The number of esters is 1. The van der Waals surface area contributed by atoms with Crippen LogP contribution < -0.4 is 0 Å². The van der Waals surface area contributed by atoms with Gasteiger partial charge in [0.15, 0.2) is 0 Å². The average molecular weight is 322 g/mol. The van der Waals surface area contributed by atoms with E-state index in [1.165, 1.54) is 24.3 Å². The topological polar surface area (TPSA) is 107 Å². The largest absolute Gasteiger partial charge is 0.468 e. The van der Waals surface area contributed by atoms with Gasteiger partial charge in [0, 0.05) is 12.1 Å². The first-order valence-corrected chi connectivity index (χ1v) is 6.80. The van der Waals surface area contributed by atoms with Crippen LogP contribution in [0.1, 0.15) is 5.56 Å². The van der Waals surface area contributed by atoms with Crippen LogP contribution in [0.25, 0.3) is 6.08 Å². The third-order valence-electron chi connectivity index (χ3n) is 2.77. The normalized spacial score (nSPS) is 16.2. The van der Waals surface area contributed by atoms with Crippen LogP contribution in [0.4, 0.5) is 10.5 Å². The van der Waals surface area contributed by atoms with E-state index in [4.69, 9.17) is 0 Å². The number of ether oxygens (including phenoxy) is 1. The lowest BCUT2D eigenvalue weighted by Crippen LogP contribution is -2.34. The highest BCUT2D eigenvalue weighted by Gasteiger charge is 2.36. The van der Waals surface area contributed by atoms with Gasteiger partial charge in [0.1, 0.15) is 6.54 Å². The van der Waals surface area contributed by atoms with Crippen molar-refractivity contribution in [2.75, 3.05) is 13.7 Å². The van der Waals surface area contributed by atoms with E-state index >= 15 is 0 Å². The summed E-state index contributed by atoms with van der Waals surface area (Å²) in [5, 5.41) is 10.1. The Balaban J connectivity index is 2.24. The molecule has 0 unspecified atom stereocenters. The molecule has 0 bridgehead atoms. The van der Waals surface area contributed by atoms with E-state index < -0.39 is 28.6 Å². The summed E-state index contributed by atoms with van der Waals surface area (Å²) in [5.74, 6) is -1.34. The van der Waals surface area contributed by atoms with Crippen LogP contribution >= 0.6 is 11.8 Å². The summed E-state index contributed by atoms with van der Waals surface area (Å²) in [4.78, 5) is 46.0. The van der Waals surface area contributed by atoms with E-state index in [0.717, 1.165) is 12.0 Å². The highest BCUT2D eigenvalue weighted by Crippen LogP contribution is 2.32. The third-order valence-corrected chi connectivity index (χ3v) is 3.67. The number of carbonyl (C=O) groups excluding carboxylic acids is 3. The molecule has 0 radical (unpaired) electrons. The maximum atomic E-state index is 12.1. The van der Waals surface area contributed by atoms with Crippen molar-refractivity contribution in [2.45, 2.75) is 0 Å². The Morgan fingerprint density at radius 1 is 1.45 bits per heavy atom. The Morgan fingerprint density at radius 2 is 2.18 bits per heavy atom. The van der Waals surface area contributed by atoms with E-state index in [-0.39, 0.29) is 10.6 Å². The van der Waals surface area contributed by atoms with Crippen LogP contribution in [-0.2, 0) is 14.3 Å². The number of amides is 2. The smallest absolute Gasteiger partial charge is 0.325 e. The first-order valence-electron chi connectivity index (χ1n) is 5.99. The minimum atomic E-state index is -0.709. The molecule has 22 heavy (non-hydrogen) atoms. The molecule has 1 aliphatic rings. The highest BCUT2D eigenvalue weighted by molar-refractivity contribution is 8.18. The summed E-state index contributed by atoms with van der Waals surface area (Å²) < 4.78 is 4.42. The number of nitrogens with zero attached hydrogens (tertiary/aromatic N) is 2. The van der Waals surface area contributed by atoms with Crippen molar-refractivity contribution in [1.29, 1.82) is 0 Å². The van der Waals surface area contributed by atoms with Crippen molar-refractivity contribution in [3.63, 3.8) is 0 Å². The molecule has 1 fully saturated rings. The fourth-order valence-electron chi connectivity index (χ4n) is 1.71. The summed E-state index contributed by atoms with van der Waals surface area (Å²) in [6.45, 7) is -0.465. The highest BCUT2D eigenvalue weighted by atomic mass is 32.2. The molecule has 0 saturated carbocycles. The molecule has 0 spiro atoms. The fraction of sp³-hybridized carbons (Fsp3) is 0.154. The number of methoxy groups -OCH3 is 1. The van der Waals surface area contributed by atoms with Gasteiger partial charge >= 0.3 is 5.97 Å². The van der Waals surface area contributed by atoms with E-state index in [2.05, 4.69) is 4.74 Å². The summed E-state index contributed by atoms with van der Waals surface area (Å²) in [6, 6.07) is 5.65. The lowest BCUT2D eigenvalue weighted by atomic mass is 10.2. The number of hydrogen-bond donors (Lipinski definition) is 0. The minimum absolute atomic E-state index is 0.0920. The first-order chi connectivity index (χ1) is 10.4. The second-order valence-corrected chi connectivity index (χ2v) is 5.19. The molecule has 0 aromatic heterocycles. The lowest BCUT2D eigenvalue weighted by molar-refractivity contribution is -0.384. The fourth-order valence-corrected chi connectivity index (χ4v) is 2.55. The Labute approximate surface area is 128 Å².